The van der Waals surface area contributed by atoms with Gasteiger partial charge in [-0.05, 0) is 71.3 Å². The SMILES string of the molecule is CCNC(=NCC(C)Oc1ccccc1C)NCC1CCN(C)CC1. The average molecular weight is 347 g/mol. The van der Waals surface area contributed by atoms with E-state index < -0.39 is 0 Å². The number of para-hydroxylation sites is 1. The summed E-state index contributed by atoms with van der Waals surface area (Å²) >= 11 is 0. The zero-order valence-corrected chi connectivity index (χ0v) is 16.2. The van der Waals surface area contributed by atoms with Gasteiger partial charge in [0.2, 0.25) is 0 Å². The van der Waals surface area contributed by atoms with Crippen LogP contribution in [0.15, 0.2) is 29.3 Å². The molecule has 0 spiro atoms. The summed E-state index contributed by atoms with van der Waals surface area (Å²) in [7, 11) is 2.20. The van der Waals surface area contributed by atoms with Crippen molar-refractivity contribution in [2.45, 2.75) is 39.7 Å². The van der Waals surface area contributed by atoms with Crippen molar-refractivity contribution < 1.29 is 4.74 Å². The number of ether oxygens (including phenoxy) is 1. The fourth-order valence-electron chi connectivity index (χ4n) is 3.01. The molecule has 1 unspecified atom stereocenters. The van der Waals surface area contributed by atoms with Gasteiger partial charge in [0.05, 0.1) is 6.54 Å². The summed E-state index contributed by atoms with van der Waals surface area (Å²) in [6.07, 6.45) is 2.56. The van der Waals surface area contributed by atoms with Crippen LogP contribution < -0.4 is 15.4 Å². The van der Waals surface area contributed by atoms with Gasteiger partial charge < -0.3 is 20.3 Å². The normalized spacial score (nSPS) is 18.0. The largest absolute Gasteiger partial charge is 0.489 e. The molecule has 1 fully saturated rings. The zero-order chi connectivity index (χ0) is 18.1. The number of rotatable bonds is 7. The van der Waals surface area contributed by atoms with Crippen LogP contribution in [-0.2, 0) is 0 Å². The topological polar surface area (TPSA) is 48.9 Å². The van der Waals surface area contributed by atoms with Gasteiger partial charge in [-0.2, -0.15) is 0 Å². The Morgan fingerprint density at radius 2 is 2.00 bits per heavy atom. The highest BCUT2D eigenvalue weighted by Crippen LogP contribution is 2.18. The molecule has 140 valence electrons. The van der Waals surface area contributed by atoms with Crippen molar-refractivity contribution in [2.24, 2.45) is 10.9 Å². The second-order valence-corrected chi connectivity index (χ2v) is 7.04. The molecule has 1 aromatic carbocycles. The predicted molar refractivity (Wildman–Crippen MR) is 105 cm³/mol. The Balaban J connectivity index is 1.80. The van der Waals surface area contributed by atoms with Crippen LogP contribution >= 0.6 is 0 Å². The van der Waals surface area contributed by atoms with Gasteiger partial charge >= 0.3 is 0 Å². The third-order valence-corrected chi connectivity index (χ3v) is 4.67. The first-order valence-corrected chi connectivity index (χ1v) is 9.51. The number of piperidine rings is 1. The summed E-state index contributed by atoms with van der Waals surface area (Å²) in [5.41, 5.74) is 1.16. The second-order valence-electron chi connectivity index (χ2n) is 7.04. The number of nitrogens with zero attached hydrogens (tertiary/aromatic N) is 2. The fraction of sp³-hybridized carbons (Fsp3) is 0.650. The van der Waals surface area contributed by atoms with Crippen LogP contribution in [0.1, 0.15) is 32.3 Å². The molecule has 2 N–H and O–H groups in total. The Hall–Kier alpha value is -1.75. The van der Waals surface area contributed by atoms with Crippen molar-refractivity contribution in [3.05, 3.63) is 29.8 Å². The molecule has 0 aliphatic carbocycles. The van der Waals surface area contributed by atoms with Gasteiger partial charge in [-0.15, -0.1) is 0 Å². The molecule has 5 heteroatoms. The predicted octanol–water partition coefficient (Wildman–Crippen LogP) is 2.66. The lowest BCUT2D eigenvalue weighted by Crippen LogP contribution is -2.42. The first-order chi connectivity index (χ1) is 12.1. The van der Waals surface area contributed by atoms with E-state index in [-0.39, 0.29) is 6.10 Å². The van der Waals surface area contributed by atoms with E-state index in [1.807, 2.05) is 18.2 Å². The summed E-state index contributed by atoms with van der Waals surface area (Å²) in [6.45, 7) is 11.1. The van der Waals surface area contributed by atoms with Crippen LogP contribution in [-0.4, -0.2) is 56.7 Å². The third-order valence-electron chi connectivity index (χ3n) is 4.67. The first-order valence-electron chi connectivity index (χ1n) is 9.51. The van der Waals surface area contributed by atoms with Crippen LogP contribution in [0.3, 0.4) is 0 Å². The maximum absolute atomic E-state index is 6.01. The van der Waals surface area contributed by atoms with Gasteiger partial charge in [0, 0.05) is 13.1 Å². The highest BCUT2D eigenvalue weighted by atomic mass is 16.5. The molecule has 1 aliphatic heterocycles. The second kappa shape index (κ2) is 10.3. The Labute approximate surface area is 152 Å². The van der Waals surface area contributed by atoms with Crippen LogP contribution in [0.2, 0.25) is 0 Å². The van der Waals surface area contributed by atoms with Crippen molar-refractivity contribution in [2.75, 3.05) is 39.8 Å². The van der Waals surface area contributed by atoms with Crippen LogP contribution in [0.4, 0.5) is 0 Å². The van der Waals surface area contributed by atoms with Crippen LogP contribution in [0, 0.1) is 12.8 Å². The third kappa shape index (κ3) is 6.94. The number of nitrogens with one attached hydrogen (secondary N) is 2. The number of guanidine groups is 1. The number of hydrogen-bond acceptors (Lipinski definition) is 3. The Morgan fingerprint density at radius 1 is 1.28 bits per heavy atom. The van der Waals surface area contributed by atoms with Gasteiger partial charge in [0.25, 0.3) is 0 Å². The minimum Gasteiger partial charge on any atom is -0.489 e. The molecule has 2 rings (SSSR count). The number of aryl methyl sites for hydroxylation is 1. The molecule has 0 radical (unpaired) electrons. The first kappa shape index (κ1) is 19.6. The quantitative estimate of drug-likeness (QED) is 0.589. The molecule has 0 amide bonds. The smallest absolute Gasteiger partial charge is 0.191 e. The van der Waals surface area contributed by atoms with Gasteiger partial charge in [-0.1, -0.05) is 18.2 Å². The lowest BCUT2D eigenvalue weighted by atomic mass is 9.97. The molecule has 0 aromatic heterocycles. The van der Waals surface area contributed by atoms with Gasteiger partial charge in [-0.3, -0.25) is 0 Å². The van der Waals surface area contributed by atoms with E-state index in [0.29, 0.717) is 6.54 Å². The molecule has 1 aliphatic rings. The van der Waals surface area contributed by atoms with E-state index in [9.17, 15) is 0 Å². The van der Waals surface area contributed by atoms with E-state index in [0.717, 1.165) is 36.3 Å². The minimum atomic E-state index is 0.0416. The van der Waals surface area contributed by atoms with E-state index >= 15 is 0 Å². The molecule has 1 atom stereocenters. The van der Waals surface area contributed by atoms with E-state index in [1.54, 1.807) is 0 Å². The molecular weight excluding hydrogens is 312 g/mol. The fourth-order valence-corrected chi connectivity index (χ4v) is 3.01. The number of likely N-dealkylation sites (tertiary alicyclic amines) is 1. The zero-order valence-electron chi connectivity index (χ0n) is 16.2. The molecule has 0 bridgehead atoms. The van der Waals surface area contributed by atoms with E-state index in [1.165, 1.54) is 25.9 Å². The Bertz CT molecular complexity index is 538. The standard InChI is InChI=1S/C20H34N4O/c1-5-21-20(23-15-18-10-12-24(4)13-11-18)22-14-17(3)25-19-9-7-6-8-16(19)2/h6-9,17-18H,5,10-15H2,1-4H3,(H2,21,22,23). The monoisotopic (exact) mass is 346 g/mol. The highest BCUT2D eigenvalue weighted by Gasteiger charge is 2.16. The minimum absolute atomic E-state index is 0.0416. The van der Waals surface area contributed by atoms with Crippen LogP contribution in [0.25, 0.3) is 0 Å². The molecule has 1 saturated heterocycles. The molecular formula is C20H34N4O. The highest BCUT2D eigenvalue weighted by molar-refractivity contribution is 5.79. The van der Waals surface area contributed by atoms with Crippen molar-refractivity contribution in [3.8, 4) is 5.75 Å². The number of benzene rings is 1. The van der Waals surface area contributed by atoms with Crippen molar-refractivity contribution in [1.82, 2.24) is 15.5 Å². The Morgan fingerprint density at radius 3 is 2.68 bits per heavy atom. The molecule has 0 saturated carbocycles. The maximum atomic E-state index is 6.01. The summed E-state index contributed by atoms with van der Waals surface area (Å²) in [6, 6.07) is 8.12. The summed E-state index contributed by atoms with van der Waals surface area (Å²) in [5.74, 6) is 2.57. The summed E-state index contributed by atoms with van der Waals surface area (Å²) in [5, 5.41) is 6.84. The molecule has 1 heterocycles. The van der Waals surface area contributed by atoms with Crippen molar-refractivity contribution in [3.63, 3.8) is 0 Å². The average Bonchev–Trinajstić information content (AvgIpc) is 2.61. The number of hydrogen-bond donors (Lipinski definition) is 2. The van der Waals surface area contributed by atoms with Gasteiger partial charge in [0.15, 0.2) is 5.96 Å². The van der Waals surface area contributed by atoms with Gasteiger partial charge in [0.1, 0.15) is 11.9 Å². The van der Waals surface area contributed by atoms with Gasteiger partial charge in [-0.25, -0.2) is 4.99 Å². The molecule has 5 nitrogen and oxygen atoms in total. The van der Waals surface area contributed by atoms with Crippen molar-refractivity contribution >= 4 is 5.96 Å². The molecule has 25 heavy (non-hydrogen) atoms. The van der Waals surface area contributed by atoms with E-state index in [2.05, 4.69) is 49.4 Å². The van der Waals surface area contributed by atoms with Crippen LogP contribution in [0.5, 0.6) is 5.75 Å². The summed E-state index contributed by atoms with van der Waals surface area (Å²) in [4.78, 5) is 7.10. The van der Waals surface area contributed by atoms with Crippen molar-refractivity contribution in [1.29, 1.82) is 0 Å². The summed E-state index contributed by atoms with van der Waals surface area (Å²) < 4.78 is 6.01. The maximum Gasteiger partial charge on any atom is 0.191 e. The Kier molecular flexibility index (Phi) is 8.06. The lowest BCUT2D eigenvalue weighted by molar-refractivity contribution is 0.219. The number of aliphatic imine (C=N–C) groups is 1. The molecule has 1 aromatic rings. The van der Waals surface area contributed by atoms with E-state index in [4.69, 9.17) is 9.73 Å². The lowest BCUT2D eigenvalue weighted by Gasteiger charge is -2.29.